The second-order valence-electron chi connectivity index (χ2n) is 4.60. The van der Waals surface area contributed by atoms with E-state index in [9.17, 15) is 0 Å². The summed E-state index contributed by atoms with van der Waals surface area (Å²) in [6, 6.07) is 11.9. The van der Waals surface area contributed by atoms with E-state index >= 15 is 0 Å². The number of methoxy groups -OCH3 is 1. The van der Waals surface area contributed by atoms with Crippen LogP contribution in [0.1, 0.15) is 0 Å². The molecule has 1 N–H and O–H groups in total. The van der Waals surface area contributed by atoms with Crippen LogP contribution in [0.25, 0.3) is 32.1 Å². The van der Waals surface area contributed by atoms with Crippen LogP contribution in [0.2, 0.25) is 0 Å². The molecule has 0 saturated heterocycles. The molecule has 4 rings (SSSR count). The Bertz CT molecular complexity index is 960. The molecular formula is C15H10BrN3OS. The minimum Gasteiger partial charge on any atom is -0.497 e. The highest BCUT2D eigenvalue weighted by molar-refractivity contribution is 9.10. The number of imidazole rings is 1. The fraction of sp³-hybridized carbons (Fsp3) is 0.0667. The van der Waals surface area contributed by atoms with Gasteiger partial charge in [0.2, 0.25) is 0 Å². The van der Waals surface area contributed by atoms with Crippen molar-refractivity contribution in [2.45, 2.75) is 0 Å². The maximum Gasteiger partial charge on any atom is 0.167 e. The smallest absolute Gasteiger partial charge is 0.167 e. The van der Waals surface area contributed by atoms with Gasteiger partial charge in [-0.05, 0) is 30.3 Å². The summed E-state index contributed by atoms with van der Waals surface area (Å²) in [6.45, 7) is 0. The van der Waals surface area contributed by atoms with Gasteiger partial charge in [0.25, 0.3) is 0 Å². The maximum atomic E-state index is 5.23. The van der Waals surface area contributed by atoms with Gasteiger partial charge in [-0.3, -0.25) is 0 Å². The molecule has 0 bridgehead atoms. The summed E-state index contributed by atoms with van der Waals surface area (Å²) < 4.78 is 7.38. The minimum absolute atomic E-state index is 0.795. The first kappa shape index (κ1) is 12.8. The van der Waals surface area contributed by atoms with Crippen molar-refractivity contribution >= 4 is 48.5 Å². The van der Waals surface area contributed by atoms with Crippen LogP contribution in [-0.4, -0.2) is 22.1 Å². The summed E-state index contributed by atoms with van der Waals surface area (Å²) in [7, 11) is 1.66. The normalized spacial score (nSPS) is 11.3. The molecule has 6 heteroatoms. The van der Waals surface area contributed by atoms with Gasteiger partial charge in [0.1, 0.15) is 5.75 Å². The number of ether oxygens (including phenoxy) is 1. The molecule has 0 radical (unpaired) electrons. The van der Waals surface area contributed by atoms with Gasteiger partial charge < -0.3 is 9.72 Å². The number of aromatic nitrogens is 3. The predicted octanol–water partition coefficient (Wildman–Crippen LogP) is 4.61. The molecule has 0 aliphatic carbocycles. The monoisotopic (exact) mass is 359 g/mol. The first-order valence-electron chi connectivity index (χ1n) is 6.33. The highest BCUT2D eigenvalue weighted by Gasteiger charge is 2.11. The quantitative estimate of drug-likeness (QED) is 0.568. The van der Waals surface area contributed by atoms with Gasteiger partial charge in [-0.1, -0.05) is 15.9 Å². The van der Waals surface area contributed by atoms with Crippen LogP contribution in [0.3, 0.4) is 0 Å². The lowest BCUT2D eigenvalue weighted by Crippen LogP contribution is -1.81. The van der Waals surface area contributed by atoms with Crippen LogP contribution in [0, 0.1) is 0 Å². The van der Waals surface area contributed by atoms with Crippen molar-refractivity contribution in [3.05, 3.63) is 40.9 Å². The van der Waals surface area contributed by atoms with E-state index in [0.717, 1.165) is 42.3 Å². The minimum atomic E-state index is 0.795. The molecular weight excluding hydrogens is 350 g/mol. The van der Waals surface area contributed by atoms with Crippen molar-refractivity contribution in [3.8, 4) is 16.6 Å². The zero-order valence-corrected chi connectivity index (χ0v) is 13.5. The molecule has 2 aromatic heterocycles. The number of nitrogens with zero attached hydrogens (tertiary/aromatic N) is 2. The fourth-order valence-electron chi connectivity index (χ4n) is 2.22. The van der Waals surface area contributed by atoms with Gasteiger partial charge in [0.05, 0.1) is 28.4 Å². The van der Waals surface area contributed by atoms with Gasteiger partial charge in [-0.15, -0.1) is 11.3 Å². The Balaban J connectivity index is 1.87. The predicted molar refractivity (Wildman–Crippen MR) is 89.0 cm³/mol. The van der Waals surface area contributed by atoms with E-state index in [1.54, 1.807) is 18.4 Å². The number of fused-ring (bicyclic) bond motifs is 2. The Labute approximate surface area is 132 Å². The van der Waals surface area contributed by atoms with Crippen molar-refractivity contribution in [3.63, 3.8) is 0 Å². The second kappa shape index (κ2) is 4.82. The lowest BCUT2D eigenvalue weighted by atomic mass is 10.3. The maximum absolute atomic E-state index is 5.23. The molecule has 2 aromatic carbocycles. The molecule has 4 nitrogen and oxygen atoms in total. The van der Waals surface area contributed by atoms with Crippen molar-refractivity contribution < 1.29 is 4.74 Å². The standard InChI is InChI=1S/C15H10BrN3OS/c1-20-9-3-5-13-12(7-9)19-15(21-13)14-17-10-4-2-8(16)6-11(10)18-14/h2-7H,1H3,(H,17,18). The Kier molecular flexibility index (Phi) is 2.94. The van der Waals surface area contributed by atoms with E-state index < -0.39 is 0 Å². The number of benzene rings is 2. The molecule has 104 valence electrons. The topological polar surface area (TPSA) is 50.8 Å². The first-order valence-corrected chi connectivity index (χ1v) is 7.94. The lowest BCUT2D eigenvalue weighted by molar-refractivity contribution is 0.415. The molecule has 0 spiro atoms. The fourth-order valence-corrected chi connectivity index (χ4v) is 3.47. The van der Waals surface area contributed by atoms with Crippen LogP contribution in [0.5, 0.6) is 5.75 Å². The van der Waals surface area contributed by atoms with Gasteiger partial charge in [0.15, 0.2) is 10.8 Å². The zero-order chi connectivity index (χ0) is 14.4. The van der Waals surface area contributed by atoms with E-state index in [1.165, 1.54) is 0 Å². The lowest BCUT2D eigenvalue weighted by Gasteiger charge is -1.96. The third-order valence-corrected chi connectivity index (χ3v) is 4.78. The molecule has 0 aliphatic rings. The van der Waals surface area contributed by atoms with Crippen LogP contribution >= 0.6 is 27.3 Å². The molecule has 21 heavy (non-hydrogen) atoms. The van der Waals surface area contributed by atoms with Gasteiger partial charge in [0, 0.05) is 10.5 Å². The Morgan fingerprint density at radius 3 is 2.86 bits per heavy atom. The largest absolute Gasteiger partial charge is 0.497 e. The van der Waals surface area contributed by atoms with E-state index in [1.807, 2.05) is 36.4 Å². The molecule has 0 unspecified atom stereocenters. The van der Waals surface area contributed by atoms with Gasteiger partial charge in [-0.25, -0.2) is 9.97 Å². The molecule has 0 atom stereocenters. The third-order valence-electron chi connectivity index (χ3n) is 3.24. The second-order valence-corrected chi connectivity index (χ2v) is 6.55. The third kappa shape index (κ3) is 2.20. The Hall–Kier alpha value is -1.92. The Morgan fingerprint density at radius 1 is 1.10 bits per heavy atom. The number of H-pyrrole nitrogens is 1. The number of hydrogen-bond acceptors (Lipinski definition) is 4. The SMILES string of the molecule is COc1ccc2sc(-c3nc4ccc(Br)cc4[nH]3)nc2c1. The molecule has 0 fully saturated rings. The highest BCUT2D eigenvalue weighted by Crippen LogP contribution is 2.32. The van der Waals surface area contributed by atoms with Crippen molar-refractivity contribution in [2.75, 3.05) is 7.11 Å². The molecule has 0 saturated carbocycles. The van der Waals surface area contributed by atoms with E-state index in [4.69, 9.17) is 4.74 Å². The number of hydrogen-bond donors (Lipinski definition) is 1. The van der Waals surface area contributed by atoms with Crippen molar-refractivity contribution in [2.24, 2.45) is 0 Å². The molecule has 0 aliphatic heterocycles. The van der Waals surface area contributed by atoms with E-state index in [-0.39, 0.29) is 0 Å². The highest BCUT2D eigenvalue weighted by atomic mass is 79.9. The van der Waals surface area contributed by atoms with Crippen molar-refractivity contribution in [1.82, 2.24) is 15.0 Å². The van der Waals surface area contributed by atoms with Crippen LogP contribution in [0.4, 0.5) is 0 Å². The molecule has 4 aromatic rings. The van der Waals surface area contributed by atoms with Crippen LogP contribution in [0.15, 0.2) is 40.9 Å². The van der Waals surface area contributed by atoms with Crippen LogP contribution in [-0.2, 0) is 0 Å². The van der Waals surface area contributed by atoms with E-state index in [2.05, 4.69) is 30.9 Å². The summed E-state index contributed by atoms with van der Waals surface area (Å²) in [5, 5.41) is 0.880. The zero-order valence-electron chi connectivity index (χ0n) is 11.1. The Morgan fingerprint density at radius 2 is 2.00 bits per heavy atom. The number of halogens is 1. The summed E-state index contributed by atoms with van der Waals surface area (Å²) in [5.41, 5.74) is 2.86. The van der Waals surface area contributed by atoms with Crippen LogP contribution < -0.4 is 4.74 Å². The summed E-state index contributed by atoms with van der Waals surface area (Å²) >= 11 is 5.08. The first-order chi connectivity index (χ1) is 10.2. The summed E-state index contributed by atoms with van der Waals surface area (Å²) in [4.78, 5) is 12.6. The van der Waals surface area contributed by atoms with Crippen molar-refractivity contribution in [1.29, 1.82) is 0 Å². The summed E-state index contributed by atoms with van der Waals surface area (Å²) in [6.07, 6.45) is 0. The number of aromatic amines is 1. The summed E-state index contributed by atoms with van der Waals surface area (Å²) in [5.74, 6) is 1.61. The van der Waals surface area contributed by atoms with Gasteiger partial charge >= 0.3 is 0 Å². The average Bonchev–Trinajstić information content (AvgIpc) is 3.08. The van der Waals surface area contributed by atoms with E-state index in [0.29, 0.717) is 0 Å². The number of nitrogens with one attached hydrogen (secondary N) is 1. The average molecular weight is 360 g/mol. The number of rotatable bonds is 2. The number of thiazole rings is 1. The van der Waals surface area contributed by atoms with Gasteiger partial charge in [-0.2, -0.15) is 0 Å². The molecule has 2 heterocycles. The molecule has 0 amide bonds.